The van der Waals surface area contributed by atoms with E-state index < -0.39 is 0 Å². The van der Waals surface area contributed by atoms with Crippen LogP contribution in [0.5, 0.6) is 0 Å². The van der Waals surface area contributed by atoms with Crippen LogP contribution in [0.3, 0.4) is 0 Å². The SMILES string of the molecule is CCCCC(Cl)Cl.[InH3]. The molecule has 0 aromatic rings. The normalized spacial score (nSPS) is 9.00. The molecule has 0 spiro atoms. The van der Waals surface area contributed by atoms with E-state index >= 15 is 0 Å². The van der Waals surface area contributed by atoms with Gasteiger partial charge in [-0.15, -0.1) is 23.2 Å². The topological polar surface area (TPSA) is 0 Å². The summed E-state index contributed by atoms with van der Waals surface area (Å²) in [7, 11) is 0. The first-order chi connectivity index (χ1) is 3.27. The molecule has 0 rings (SSSR count). The molecule has 0 N–H and O–H groups in total. The molecule has 0 saturated heterocycles. The van der Waals surface area contributed by atoms with Gasteiger partial charge in [0.25, 0.3) is 0 Å². The predicted octanol–water partition coefficient (Wildman–Crippen LogP) is 1.80. The predicted molar refractivity (Wildman–Crippen MR) is 45.0 cm³/mol. The van der Waals surface area contributed by atoms with Gasteiger partial charge in [-0.25, -0.2) is 0 Å². The minimum absolute atomic E-state index is 0. The van der Waals surface area contributed by atoms with E-state index in [0.717, 1.165) is 12.8 Å². The van der Waals surface area contributed by atoms with Crippen molar-refractivity contribution in [2.45, 2.75) is 31.0 Å². The van der Waals surface area contributed by atoms with Gasteiger partial charge >= 0.3 is 25.8 Å². The molecule has 0 aliphatic heterocycles. The number of alkyl halides is 2. The van der Waals surface area contributed by atoms with Crippen LogP contribution in [0.25, 0.3) is 0 Å². The first-order valence-corrected chi connectivity index (χ1v) is 3.42. The Hall–Kier alpha value is 1.45. The fraction of sp³-hybridized carbons (Fsp3) is 1.00. The van der Waals surface area contributed by atoms with E-state index in [4.69, 9.17) is 23.2 Å². The maximum atomic E-state index is 5.42. The number of halogens is 2. The van der Waals surface area contributed by atoms with Crippen LogP contribution in [0.1, 0.15) is 26.2 Å². The summed E-state index contributed by atoms with van der Waals surface area (Å²) in [6.45, 7) is 2.12. The third-order valence-electron chi connectivity index (χ3n) is 0.776. The van der Waals surface area contributed by atoms with Gasteiger partial charge in [0.1, 0.15) is 4.84 Å². The Bertz CT molecular complexity index is 39.4. The Morgan fingerprint density at radius 1 is 1.38 bits per heavy atom. The number of hydrogen-bond acceptors (Lipinski definition) is 0. The number of hydrogen-bond donors (Lipinski definition) is 0. The van der Waals surface area contributed by atoms with Crippen molar-refractivity contribution in [1.29, 1.82) is 0 Å². The quantitative estimate of drug-likeness (QED) is 0.678. The van der Waals surface area contributed by atoms with Gasteiger partial charge in [-0.05, 0) is 6.42 Å². The van der Waals surface area contributed by atoms with E-state index in [1.807, 2.05) is 0 Å². The van der Waals surface area contributed by atoms with Crippen LogP contribution in [0, 0.1) is 0 Å². The molecule has 50 valence electrons. The van der Waals surface area contributed by atoms with Crippen molar-refractivity contribution in [2.75, 3.05) is 0 Å². The molecule has 3 heteroatoms. The van der Waals surface area contributed by atoms with Gasteiger partial charge in [0.05, 0.1) is 0 Å². The second-order valence-corrected chi connectivity index (χ2v) is 2.81. The molecule has 0 atom stereocenters. The van der Waals surface area contributed by atoms with Crippen LogP contribution in [0.2, 0.25) is 0 Å². The molecule has 0 aliphatic carbocycles. The zero-order valence-corrected chi connectivity index (χ0v) is 5.97. The zero-order chi connectivity index (χ0) is 5.70. The zero-order valence-electron chi connectivity index (χ0n) is 4.45. The Kier molecular flexibility index (Phi) is 12.8. The van der Waals surface area contributed by atoms with Crippen LogP contribution in [0.15, 0.2) is 0 Å². The molecule has 0 bridgehead atoms. The molecule has 0 amide bonds. The second-order valence-electron chi connectivity index (χ2n) is 1.53. The standard InChI is InChI=1S/C5H10Cl2.In.3H/c1-2-3-4-5(6)7;;;;/h5H,2-4H2,1H3;;;;. The summed E-state index contributed by atoms with van der Waals surface area (Å²) < 4.78 is 0. The molecular formula is C5H13Cl2In. The summed E-state index contributed by atoms with van der Waals surface area (Å²) in [5.41, 5.74) is 0. The molecular weight excluding hydrogens is 246 g/mol. The fourth-order valence-corrected chi connectivity index (χ4v) is 0.667. The summed E-state index contributed by atoms with van der Waals surface area (Å²) >= 11 is 10.8. The van der Waals surface area contributed by atoms with E-state index in [2.05, 4.69) is 6.92 Å². The molecule has 8 heavy (non-hydrogen) atoms. The van der Waals surface area contributed by atoms with Gasteiger partial charge < -0.3 is 0 Å². The average molecular weight is 259 g/mol. The molecule has 0 nitrogen and oxygen atoms in total. The van der Waals surface area contributed by atoms with Crippen LogP contribution in [-0.4, -0.2) is 30.7 Å². The van der Waals surface area contributed by atoms with Gasteiger partial charge in [0.2, 0.25) is 0 Å². The van der Waals surface area contributed by atoms with Crippen LogP contribution >= 0.6 is 23.2 Å². The van der Waals surface area contributed by atoms with Crippen molar-refractivity contribution in [1.82, 2.24) is 0 Å². The molecule has 0 aromatic carbocycles. The van der Waals surface area contributed by atoms with Crippen molar-refractivity contribution in [2.24, 2.45) is 0 Å². The molecule has 0 aromatic heterocycles. The van der Waals surface area contributed by atoms with E-state index in [1.165, 1.54) is 6.42 Å². The van der Waals surface area contributed by atoms with E-state index in [-0.39, 0.29) is 30.7 Å². The molecule has 0 heterocycles. The van der Waals surface area contributed by atoms with Crippen molar-refractivity contribution in [3.63, 3.8) is 0 Å². The second kappa shape index (κ2) is 8.45. The molecule has 0 fully saturated rings. The monoisotopic (exact) mass is 258 g/mol. The summed E-state index contributed by atoms with van der Waals surface area (Å²) in [4.78, 5) is -0.153. The summed E-state index contributed by atoms with van der Waals surface area (Å²) in [5.74, 6) is 0. The Balaban J connectivity index is 0. The Morgan fingerprint density at radius 2 is 1.88 bits per heavy atom. The van der Waals surface area contributed by atoms with Gasteiger partial charge in [0, 0.05) is 0 Å². The summed E-state index contributed by atoms with van der Waals surface area (Å²) in [6, 6.07) is 0. The van der Waals surface area contributed by atoms with Gasteiger partial charge in [-0.3, -0.25) is 0 Å². The number of rotatable bonds is 3. The molecule has 0 unspecified atom stereocenters. The van der Waals surface area contributed by atoms with Gasteiger partial charge in [-0.1, -0.05) is 19.8 Å². The van der Waals surface area contributed by atoms with Crippen molar-refractivity contribution < 1.29 is 0 Å². The van der Waals surface area contributed by atoms with Crippen LogP contribution in [0.4, 0.5) is 0 Å². The average Bonchev–Trinajstić information content (AvgIpc) is 1.61. The Morgan fingerprint density at radius 3 is 2.00 bits per heavy atom. The van der Waals surface area contributed by atoms with E-state index in [1.54, 1.807) is 0 Å². The van der Waals surface area contributed by atoms with Crippen LogP contribution < -0.4 is 0 Å². The first-order valence-electron chi connectivity index (χ1n) is 2.55. The van der Waals surface area contributed by atoms with Crippen molar-refractivity contribution >= 4 is 49.0 Å². The van der Waals surface area contributed by atoms with E-state index in [0.29, 0.717) is 0 Å². The van der Waals surface area contributed by atoms with Crippen LogP contribution in [-0.2, 0) is 0 Å². The van der Waals surface area contributed by atoms with Gasteiger partial charge in [0.15, 0.2) is 0 Å². The summed E-state index contributed by atoms with van der Waals surface area (Å²) in [5, 5.41) is 0. The summed E-state index contributed by atoms with van der Waals surface area (Å²) in [6.07, 6.45) is 3.24. The number of unbranched alkanes of at least 4 members (excludes halogenated alkanes) is 1. The molecule has 0 radical (unpaired) electrons. The van der Waals surface area contributed by atoms with Crippen molar-refractivity contribution in [3.8, 4) is 0 Å². The third kappa shape index (κ3) is 10.4. The molecule has 0 aliphatic rings. The Labute approximate surface area is 79.7 Å². The maximum absolute atomic E-state index is 5.42. The third-order valence-corrected chi connectivity index (χ3v) is 1.21. The first kappa shape index (κ1) is 12.2. The fourth-order valence-electron chi connectivity index (χ4n) is 0.358. The van der Waals surface area contributed by atoms with Gasteiger partial charge in [-0.2, -0.15) is 0 Å². The minimum atomic E-state index is -0.153. The van der Waals surface area contributed by atoms with E-state index in [9.17, 15) is 0 Å². The van der Waals surface area contributed by atoms with Crippen molar-refractivity contribution in [3.05, 3.63) is 0 Å². The molecule has 0 saturated carbocycles.